The molecule has 0 radical (unpaired) electrons. The van der Waals surface area contributed by atoms with Crippen LogP contribution in [0.15, 0.2) is 54.6 Å². The van der Waals surface area contributed by atoms with Gasteiger partial charge in [0.1, 0.15) is 17.6 Å². The third-order valence-electron chi connectivity index (χ3n) is 6.74. The molecular formula is C27H21Cl2F2NO5. The van der Waals surface area contributed by atoms with Crippen molar-refractivity contribution in [2.75, 3.05) is 12.0 Å². The fraction of sp³-hybridized carbons (Fsp3) is 0.296. The first-order valence-electron chi connectivity index (χ1n) is 11.7. The van der Waals surface area contributed by atoms with Crippen molar-refractivity contribution >= 4 is 34.8 Å². The molecule has 37 heavy (non-hydrogen) atoms. The van der Waals surface area contributed by atoms with Crippen molar-refractivity contribution in [3.8, 4) is 23.0 Å². The second-order valence-electron chi connectivity index (χ2n) is 9.22. The molecule has 2 atom stereocenters. The standard InChI is InChI=1S/C27H21Cl2F2NO5/c1-34-17-6-7-18-21(13-23(35-24(18)12-17)15-4-8-19(28)20(29)10-15)32(26(33)14-2-3-14)16-5-9-22-25(11-16)37-27(30,31)36-22/h4-12,14,21,23H,2-3,13H2,1H3. The van der Waals surface area contributed by atoms with E-state index in [1.165, 1.54) is 12.1 Å². The Hall–Kier alpha value is -3.23. The molecule has 2 heterocycles. The highest BCUT2D eigenvalue weighted by molar-refractivity contribution is 6.42. The molecule has 3 aliphatic rings. The van der Waals surface area contributed by atoms with E-state index >= 15 is 0 Å². The number of carbonyl (C=O) groups is 1. The molecule has 0 saturated heterocycles. The smallest absolute Gasteiger partial charge is 0.497 e. The lowest BCUT2D eigenvalue weighted by Gasteiger charge is -2.39. The van der Waals surface area contributed by atoms with Crippen LogP contribution in [-0.2, 0) is 4.79 Å². The SMILES string of the molecule is COc1ccc2c(c1)OC(c1ccc(Cl)c(Cl)c1)CC2N(C(=O)C1CC1)c1ccc2c(c1)OC(F)(F)O2. The second-order valence-corrected chi connectivity index (χ2v) is 10.0. The van der Waals surface area contributed by atoms with Gasteiger partial charge in [-0.2, -0.15) is 0 Å². The maximum atomic E-state index is 13.7. The van der Waals surface area contributed by atoms with Gasteiger partial charge in [0.2, 0.25) is 5.91 Å². The minimum Gasteiger partial charge on any atom is -0.497 e. The van der Waals surface area contributed by atoms with Crippen LogP contribution in [0.3, 0.4) is 0 Å². The van der Waals surface area contributed by atoms with E-state index in [0.29, 0.717) is 33.7 Å². The topological polar surface area (TPSA) is 57.2 Å². The number of halogens is 4. The summed E-state index contributed by atoms with van der Waals surface area (Å²) in [5.41, 5.74) is 1.99. The molecule has 2 aliphatic heterocycles. The lowest BCUT2D eigenvalue weighted by Crippen LogP contribution is -2.39. The maximum Gasteiger partial charge on any atom is 0.586 e. The number of alkyl halides is 2. The van der Waals surface area contributed by atoms with E-state index in [1.54, 1.807) is 42.3 Å². The molecule has 1 aliphatic carbocycles. The molecule has 1 amide bonds. The first kappa shape index (κ1) is 24.1. The number of carbonyl (C=O) groups excluding carboxylic acids is 1. The fourth-order valence-corrected chi connectivity index (χ4v) is 5.09. The zero-order valence-electron chi connectivity index (χ0n) is 19.5. The third-order valence-corrected chi connectivity index (χ3v) is 7.48. The summed E-state index contributed by atoms with van der Waals surface area (Å²) >= 11 is 12.4. The number of anilines is 1. The van der Waals surface area contributed by atoms with Gasteiger partial charge in [0.25, 0.3) is 0 Å². The molecule has 0 N–H and O–H groups in total. The van der Waals surface area contributed by atoms with Crippen LogP contribution in [0, 0.1) is 5.92 Å². The van der Waals surface area contributed by atoms with Crippen LogP contribution in [0.4, 0.5) is 14.5 Å². The van der Waals surface area contributed by atoms with Crippen molar-refractivity contribution in [2.24, 2.45) is 5.92 Å². The number of benzene rings is 3. The molecule has 2 unspecified atom stereocenters. The summed E-state index contributed by atoms with van der Waals surface area (Å²) in [6, 6.07) is 14.6. The van der Waals surface area contributed by atoms with Gasteiger partial charge in [-0.3, -0.25) is 4.79 Å². The lowest BCUT2D eigenvalue weighted by atomic mass is 9.90. The fourth-order valence-electron chi connectivity index (χ4n) is 4.79. The Morgan fingerprint density at radius 1 is 0.973 bits per heavy atom. The monoisotopic (exact) mass is 547 g/mol. The molecule has 192 valence electrons. The largest absolute Gasteiger partial charge is 0.586 e. The number of fused-ring (bicyclic) bond motifs is 2. The van der Waals surface area contributed by atoms with Crippen LogP contribution in [0.1, 0.15) is 42.5 Å². The summed E-state index contributed by atoms with van der Waals surface area (Å²) in [5.74, 6) is 0.703. The molecule has 0 spiro atoms. The van der Waals surface area contributed by atoms with E-state index in [2.05, 4.69) is 9.47 Å². The Bertz CT molecular complexity index is 1400. The number of hydrogen-bond donors (Lipinski definition) is 0. The molecule has 1 fully saturated rings. The average Bonchev–Trinajstić information content (AvgIpc) is 3.67. The zero-order valence-corrected chi connectivity index (χ0v) is 21.1. The van der Waals surface area contributed by atoms with Crippen molar-refractivity contribution in [3.63, 3.8) is 0 Å². The second kappa shape index (κ2) is 8.96. The van der Waals surface area contributed by atoms with Crippen LogP contribution in [0.5, 0.6) is 23.0 Å². The van der Waals surface area contributed by atoms with Gasteiger partial charge in [-0.25, -0.2) is 0 Å². The molecule has 6 rings (SSSR count). The Kier molecular flexibility index (Phi) is 5.84. The van der Waals surface area contributed by atoms with E-state index in [4.69, 9.17) is 32.7 Å². The first-order chi connectivity index (χ1) is 17.7. The van der Waals surface area contributed by atoms with Crippen LogP contribution in [-0.4, -0.2) is 19.3 Å². The van der Waals surface area contributed by atoms with Gasteiger partial charge in [-0.1, -0.05) is 29.3 Å². The summed E-state index contributed by atoms with van der Waals surface area (Å²) in [6.07, 6.45) is -2.29. The van der Waals surface area contributed by atoms with E-state index in [-0.39, 0.29) is 23.3 Å². The minimum atomic E-state index is -3.76. The summed E-state index contributed by atoms with van der Waals surface area (Å²) in [7, 11) is 1.56. The zero-order chi connectivity index (χ0) is 25.9. The quantitative estimate of drug-likeness (QED) is 0.334. The van der Waals surface area contributed by atoms with E-state index in [9.17, 15) is 13.6 Å². The normalized spacial score (nSPS) is 21.1. The van der Waals surface area contributed by atoms with Gasteiger partial charge in [0.15, 0.2) is 11.5 Å². The van der Waals surface area contributed by atoms with Crippen molar-refractivity contribution in [1.82, 2.24) is 0 Å². The van der Waals surface area contributed by atoms with Crippen molar-refractivity contribution in [2.45, 2.75) is 37.7 Å². The Morgan fingerprint density at radius 3 is 2.49 bits per heavy atom. The Morgan fingerprint density at radius 2 is 1.76 bits per heavy atom. The first-order valence-corrected chi connectivity index (χ1v) is 12.5. The van der Waals surface area contributed by atoms with Gasteiger partial charge >= 0.3 is 6.29 Å². The van der Waals surface area contributed by atoms with Crippen LogP contribution >= 0.6 is 23.2 Å². The van der Waals surface area contributed by atoms with Crippen LogP contribution in [0.2, 0.25) is 10.0 Å². The minimum absolute atomic E-state index is 0.0848. The van der Waals surface area contributed by atoms with Gasteiger partial charge in [-0.15, -0.1) is 8.78 Å². The number of rotatable bonds is 5. The highest BCUT2D eigenvalue weighted by atomic mass is 35.5. The van der Waals surface area contributed by atoms with Gasteiger partial charge in [0.05, 0.1) is 23.2 Å². The van der Waals surface area contributed by atoms with Gasteiger partial charge < -0.3 is 23.8 Å². The molecule has 1 saturated carbocycles. The van der Waals surface area contributed by atoms with Crippen molar-refractivity contribution in [3.05, 3.63) is 75.8 Å². The predicted molar refractivity (Wildman–Crippen MR) is 133 cm³/mol. The number of amides is 1. The average molecular weight is 548 g/mol. The molecule has 6 nitrogen and oxygen atoms in total. The number of ether oxygens (including phenoxy) is 4. The number of hydrogen-bond acceptors (Lipinski definition) is 5. The molecule has 0 aromatic heterocycles. The summed E-state index contributed by atoms with van der Waals surface area (Å²) in [6.45, 7) is 0. The molecule has 0 bridgehead atoms. The van der Waals surface area contributed by atoms with E-state index < -0.39 is 18.4 Å². The molecule has 3 aromatic carbocycles. The van der Waals surface area contributed by atoms with Crippen LogP contribution in [0.25, 0.3) is 0 Å². The highest BCUT2D eigenvalue weighted by Crippen LogP contribution is 2.50. The van der Waals surface area contributed by atoms with E-state index in [1.807, 2.05) is 12.1 Å². The molecule has 10 heteroatoms. The third kappa shape index (κ3) is 4.53. The van der Waals surface area contributed by atoms with Crippen molar-refractivity contribution in [1.29, 1.82) is 0 Å². The lowest BCUT2D eigenvalue weighted by molar-refractivity contribution is -0.286. The predicted octanol–water partition coefficient (Wildman–Crippen LogP) is 7.33. The Labute approximate surface area is 221 Å². The molecule has 3 aromatic rings. The highest BCUT2D eigenvalue weighted by Gasteiger charge is 2.45. The number of nitrogens with zero attached hydrogens (tertiary/aromatic N) is 1. The van der Waals surface area contributed by atoms with Gasteiger partial charge in [0, 0.05) is 35.7 Å². The Balaban J connectivity index is 1.45. The van der Waals surface area contributed by atoms with E-state index in [0.717, 1.165) is 24.0 Å². The van der Waals surface area contributed by atoms with Crippen LogP contribution < -0.4 is 23.8 Å². The summed E-state index contributed by atoms with van der Waals surface area (Å²) in [5, 5.41) is 0.806. The summed E-state index contributed by atoms with van der Waals surface area (Å²) < 4.78 is 48.4. The van der Waals surface area contributed by atoms with Gasteiger partial charge in [-0.05, 0) is 54.8 Å². The summed E-state index contributed by atoms with van der Waals surface area (Å²) in [4.78, 5) is 15.4. The maximum absolute atomic E-state index is 13.7. The molecular weight excluding hydrogens is 527 g/mol. The number of methoxy groups -OCH3 is 1. The van der Waals surface area contributed by atoms with Crippen molar-refractivity contribution < 1.29 is 32.5 Å².